The van der Waals surface area contributed by atoms with Gasteiger partial charge in [-0.15, -0.1) is 0 Å². The van der Waals surface area contributed by atoms with Crippen LogP contribution in [0.4, 0.5) is 11.8 Å². The smallest absolute Gasteiger partial charge is 0.227 e. The molecule has 2 heterocycles. The third kappa shape index (κ3) is 4.56. The van der Waals surface area contributed by atoms with Crippen LogP contribution in [-0.2, 0) is 9.84 Å². The van der Waals surface area contributed by atoms with Crippen molar-refractivity contribution in [2.75, 3.05) is 35.3 Å². The summed E-state index contributed by atoms with van der Waals surface area (Å²) in [5.41, 5.74) is 0.885. The lowest BCUT2D eigenvalue weighted by Crippen LogP contribution is -2.34. The molecule has 1 aliphatic heterocycles. The van der Waals surface area contributed by atoms with E-state index in [0.29, 0.717) is 12.4 Å². The highest BCUT2D eigenvalue weighted by molar-refractivity contribution is 7.91. The van der Waals surface area contributed by atoms with Gasteiger partial charge in [-0.1, -0.05) is 19.8 Å². The maximum atomic E-state index is 11.6. The first-order valence-corrected chi connectivity index (χ1v) is 9.76. The molecule has 1 aromatic rings. The van der Waals surface area contributed by atoms with Gasteiger partial charge in [0.2, 0.25) is 5.95 Å². The van der Waals surface area contributed by atoms with Gasteiger partial charge in [0.15, 0.2) is 9.84 Å². The molecule has 1 N–H and O–H groups in total. The quantitative estimate of drug-likeness (QED) is 0.773. The molecular formula is C15H26N4O2S. The van der Waals surface area contributed by atoms with E-state index in [1.165, 1.54) is 12.8 Å². The molecule has 1 aliphatic rings. The average molecular weight is 326 g/mol. The molecule has 6 nitrogen and oxygen atoms in total. The summed E-state index contributed by atoms with van der Waals surface area (Å²) in [5, 5.41) is 3.33. The average Bonchev–Trinajstić information content (AvgIpc) is 2.82. The predicted molar refractivity (Wildman–Crippen MR) is 90.2 cm³/mol. The van der Waals surface area contributed by atoms with E-state index >= 15 is 0 Å². The van der Waals surface area contributed by atoms with Crippen LogP contribution in [0.1, 0.15) is 38.3 Å². The molecule has 0 aromatic carbocycles. The first-order chi connectivity index (χ1) is 10.4. The van der Waals surface area contributed by atoms with E-state index in [9.17, 15) is 8.42 Å². The van der Waals surface area contributed by atoms with E-state index < -0.39 is 9.84 Å². The van der Waals surface area contributed by atoms with Crippen LogP contribution in [0.5, 0.6) is 0 Å². The summed E-state index contributed by atoms with van der Waals surface area (Å²) >= 11 is 0. The van der Waals surface area contributed by atoms with Crippen LogP contribution in [0.25, 0.3) is 0 Å². The third-order valence-corrected chi connectivity index (χ3v) is 5.75. The van der Waals surface area contributed by atoms with Crippen LogP contribution in [0.3, 0.4) is 0 Å². The molecule has 0 spiro atoms. The maximum absolute atomic E-state index is 11.6. The first kappa shape index (κ1) is 17.0. The Balaban J connectivity index is 2.05. The first-order valence-electron chi connectivity index (χ1n) is 7.94. The molecular weight excluding hydrogens is 300 g/mol. The zero-order chi connectivity index (χ0) is 16.2. The summed E-state index contributed by atoms with van der Waals surface area (Å²) in [6.07, 6.45) is 4.15. The Morgan fingerprint density at radius 1 is 1.36 bits per heavy atom. The number of rotatable bonds is 7. The van der Waals surface area contributed by atoms with Crippen LogP contribution in [0.2, 0.25) is 0 Å². The van der Waals surface area contributed by atoms with E-state index in [-0.39, 0.29) is 17.5 Å². The third-order valence-electron chi connectivity index (χ3n) is 4.00. The van der Waals surface area contributed by atoms with Gasteiger partial charge < -0.3 is 10.2 Å². The molecule has 0 saturated carbocycles. The Morgan fingerprint density at radius 2 is 2.14 bits per heavy atom. The Kier molecular flexibility index (Phi) is 5.61. The lowest BCUT2D eigenvalue weighted by Gasteiger charge is -2.24. The fourth-order valence-corrected chi connectivity index (χ4v) is 4.41. The highest BCUT2D eigenvalue weighted by Crippen LogP contribution is 2.21. The van der Waals surface area contributed by atoms with Gasteiger partial charge in [0, 0.05) is 31.4 Å². The number of unbranched alkanes of at least 4 members (excludes halogenated alkanes) is 2. The summed E-state index contributed by atoms with van der Waals surface area (Å²) in [6, 6.07) is 1.90. The summed E-state index contributed by atoms with van der Waals surface area (Å²) < 4.78 is 23.3. The van der Waals surface area contributed by atoms with Crippen LogP contribution in [0, 0.1) is 6.92 Å². The minimum Gasteiger partial charge on any atom is -0.370 e. The Morgan fingerprint density at radius 3 is 2.77 bits per heavy atom. The van der Waals surface area contributed by atoms with E-state index in [4.69, 9.17) is 0 Å². The fraction of sp³-hybridized carbons (Fsp3) is 0.733. The van der Waals surface area contributed by atoms with Crippen LogP contribution >= 0.6 is 0 Å². The number of anilines is 2. The number of nitrogens with one attached hydrogen (secondary N) is 1. The minimum absolute atomic E-state index is 0.0280. The Bertz CT molecular complexity index is 604. The van der Waals surface area contributed by atoms with E-state index in [1.54, 1.807) is 0 Å². The maximum Gasteiger partial charge on any atom is 0.227 e. The Hall–Kier alpha value is -1.37. The van der Waals surface area contributed by atoms with Gasteiger partial charge in [0.1, 0.15) is 5.82 Å². The van der Waals surface area contributed by atoms with Gasteiger partial charge in [-0.25, -0.2) is 13.4 Å². The van der Waals surface area contributed by atoms with E-state index in [2.05, 4.69) is 22.2 Å². The number of hydrogen-bond acceptors (Lipinski definition) is 6. The number of aromatic nitrogens is 2. The van der Waals surface area contributed by atoms with Gasteiger partial charge in [-0.3, -0.25) is 0 Å². The zero-order valence-corrected chi connectivity index (χ0v) is 14.5. The largest absolute Gasteiger partial charge is 0.370 e. The monoisotopic (exact) mass is 326 g/mol. The number of aryl methyl sites for hydroxylation is 1. The van der Waals surface area contributed by atoms with Crippen LogP contribution < -0.4 is 10.2 Å². The normalized spacial score (nSPS) is 20.0. The molecule has 1 unspecified atom stereocenters. The van der Waals surface area contributed by atoms with Crippen LogP contribution in [0.15, 0.2) is 6.07 Å². The highest BCUT2D eigenvalue weighted by Gasteiger charge is 2.31. The summed E-state index contributed by atoms with van der Waals surface area (Å²) in [6.45, 7) is 5.00. The molecule has 0 radical (unpaired) electrons. The van der Waals surface area contributed by atoms with E-state index in [1.807, 2.05) is 24.9 Å². The van der Waals surface area contributed by atoms with Gasteiger partial charge in [-0.05, 0) is 19.8 Å². The molecule has 1 saturated heterocycles. The summed E-state index contributed by atoms with van der Waals surface area (Å²) in [4.78, 5) is 10.9. The molecule has 124 valence electrons. The van der Waals surface area contributed by atoms with Crippen molar-refractivity contribution in [3.63, 3.8) is 0 Å². The van der Waals surface area contributed by atoms with Crippen molar-refractivity contribution < 1.29 is 8.42 Å². The molecule has 0 aliphatic carbocycles. The van der Waals surface area contributed by atoms with Crippen LogP contribution in [-0.4, -0.2) is 49.5 Å². The highest BCUT2D eigenvalue weighted by atomic mass is 32.2. The summed E-state index contributed by atoms with van der Waals surface area (Å²) in [5.74, 6) is 1.86. The second-order valence-electron chi connectivity index (χ2n) is 6.00. The lowest BCUT2D eigenvalue weighted by atomic mass is 10.2. The molecule has 0 bridgehead atoms. The van der Waals surface area contributed by atoms with Crippen molar-refractivity contribution in [3.8, 4) is 0 Å². The molecule has 0 amide bonds. The van der Waals surface area contributed by atoms with Crippen molar-refractivity contribution >= 4 is 21.6 Å². The van der Waals surface area contributed by atoms with Gasteiger partial charge in [0.25, 0.3) is 0 Å². The molecule has 1 fully saturated rings. The molecule has 22 heavy (non-hydrogen) atoms. The SMILES string of the molecule is CCCCCNc1cc(C)nc(N(C)C2CCS(=O)(=O)C2)n1. The Labute approximate surface area is 133 Å². The predicted octanol–water partition coefficient (Wildman–Crippen LogP) is 2.01. The number of sulfone groups is 1. The van der Waals surface area contributed by atoms with Gasteiger partial charge in [0.05, 0.1) is 11.5 Å². The minimum atomic E-state index is -2.90. The molecule has 1 aromatic heterocycles. The second-order valence-corrected chi connectivity index (χ2v) is 8.22. The zero-order valence-electron chi connectivity index (χ0n) is 13.7. The van der Waals surface area contributed by atoms with Crippen molar-refractivity contribution in [1.29, 1.82) is 0 Å². The van der Waals surface area contributed by atoms with Gasteiger partial charge in [-0.2, -0.15) is 4.98 Å². The second kappa shape index (κ2) is 7.26. The lowest BCUT2D eigenvalue weighted by molar-refractivity contribution is 0.600. The number of hydrogen-bond donors (Lipinski definition) is 1. The molecule has 7 heteroatoms. The van der Waals surface area contributed by atoms with Crippen molar-refractivity contribution in [2.45, 2.75) is 45.6 Å². The summed E-state index contributed by atoms with van der Waals surface area (Å²) in [7, 11) is -1.03. The van der Waals surface area contributed by atoms with Crippen molar-refractivity contribution in [3.05, 3.63) is 11.8 Å². The number of nitrogens with zero attached hydrogens (tertiary/aromatic N) is 3. The van der Waals surface area contributed by atoms with E-state index in [0.717, 1.165) is 24.5 Å². The standard InChI is InChI=1S/C15H26N4O2S/c1-4-5-6-8-16-14-10-12(2)17-15(18-14)19(3)13-7-9-22(20,21)11-13/h10,13H,4-9,11H2,1-3H3,(H,16,17,18). The van der Waals surface area contributed by atoms with Crippen molar-refractivity contribution in [2.24, 2.45) is 0 Å². The van der Waals surface area contributed by atoms with Gasteiger partial charge >= 0.3 is 0 Å². The topological polar surface area (TPSA) is 75.2 Å². The molecule has 2 rings (SSSR count). The molecule has 1 atom stereocenters. The van der Waals surface area contributed by atoms with Crippen molar-refractivity contribution in [1.82, 2.24) is 9.97 Å². The fourth-order valence-electron chi connectivity index (χ4n) is 2.64.